The summed E-state index contributed by atoms with van der Waals surface area (Å²) in [6.07, 6.45) is 3.17. The third-order valence-corrected chi connectivity index (χ3v) is 2.21. The van der Waals surface area contributed by atoms with Gasteiger partial charge < -0.3 is 0 Å². The lowest BCUT2D eigenvalue weighted by Gasteiger charge is -2.05. The van der Waals surface area contributed by atoms with Crippen LogP contribution in [-0.2, 0) is 4.79 Å². The Morgan fingerprint density at radius 2 is 2.30 bits per heavy atom. The van der Waals surface area contributed by atoms with Crippen LogP contribution in [0, 0.1) is 11.8 Å². The Bertz CT molecular complexity index is 136. The van der Waals surface area contributed by atoms with E-state index < -0.39 is 0 Å². The minimum absolute atomic E-state index is 0.00403. The molecule has 0 radical (unpaired) electrons. The predicted octanol–water partition coefficient (Wildman–Crippen LogP) is 0.413. The maximum absolute atomic E-state index is 10.9. The van der Waals surface area contributed by atoms with Gasteiger partial charge in [0.2, 0.25) is 5.91 Å². The van der Waals surface area contributed by atoms with E-state index in [4.69, 9.17) is 5.84 Å². The number of carbonyl (C=O) groups is 1. The number of nitrogens with two attached hydrogens (primary N) is 1. The number of rotatable bonds is 1. The average Bonchev–Trinajstić information content (AvgIpc) is 2.34. The first kappa shape index (κ1) is 7.54. The summed E-state index contributed by atoms with van der Waals surface area (Å²) in [5.74, 6) is 5.88. The summed E-state index contributed by atoms with van der Waals surface area (Å²) < 4.78 is 0. The summed E-state index contributed by atoms with van der Waals surface area (Å²) in [6.45, 7) is 2.17. The van der Waals surface area contributed by atoms with E-state index in [-0.39, 0.29) is 11.8 Å². The Balaban J connectivity index is 2.37. The average molecular weight is 142 g/mol. The molecular weight excluding hydrogens is 128 g/mol. The Morgan fingerprint density at radius 1 is 1.60 bits per heavy atom. The van der Waals surface area contributed by atoms with Crippen molar-refractivity contribution in [1.82, 2.24) is 5.43 Å². The van der Waals surface area contributed by atoms with Crippen molar-refractivity contribution in [3.63, 3.8) is 0 Å². The summed E-state index contributed by atoms with van der Waals surface area (Å²) in [7, 11) is 0. The Morgan fingerprint density at radius 3 is 2.70 bits per heavy atom. The molecule has 1 fully saturated rings. The van der Waals surface area contributed by atoms with Crippen LogP contribution >= 0.6 is 0 Å². The second kappa shape index (κ2) is 3.01. The molecule has 2 atom stereocenters. The van der Waals surface area contributed by atoms with Gasteiger partial charge in [0.15, 0.2) is 0 Å². The van der Waals surface area contributed by atoms with Crippen LogP contribution in [-0.4, -0.2) is 5.91 Å². The van der Waals surface area contributed by atoms with Crippen molar-refractivity contribution in [2.45, 2.75) is 26.2 Å². The fraction of sp³-hybridized carbons (Fsp3) is 0.857. The fourth-order valence-corrected chi connectivity index (χ4v) is 1.56. The highest BCUT2D eigenvalue weighted by Gasteiger charge is 2.26. The van der Waals surface area contributed by atoms with E-state index in [0.29, 0.717) is 5.92 Å². The second-order valence-electron chi connectivity index (χ2n) is 3.12. The van der Waals surface area contributed by atoms with Gasteiger partial charge in [-0.15, -0.1) is 0 Å². The zero-order valence-corrected chi connectivity index (χ0v) is 6.26. The first-order valence-electron chi connectivity index (χ1n) is 3.74. The number of amides is 1. The highest BCUT2D eigenvalue weighted by molar-refractivity contribution is 5.78. The van der Waals surface area contributed by atoms with E-state index in [0.717, 1.165) is 19.3 Å². The van der Waals surface area contributed by atoms with Gasteiger partial charge in [0.1, 0.15) is 0 Å². The standard InChI is InChI=1S/C7H14N2O/c1-5-2-3-6(4-5)7(10)9-8/h5-6H,2-4,8H2,1H3,(H,9,10). The van der Waals surface area contributed by atoms with Crippen LogP contribution in [0.1, 0.15) is 26.2 Å². The minimum Gasteiger partial charge on any atom is -0.294 e. The SMILES string of the molecule is CC1CCC(C(=O)NN)C1. The lowest BCUT2D eigenvalue weighted by Crippen LogP contribution is -2.34. The molecule has 0 aromatic heterocycles. The molecule has 1 rings (SSSR count). The largest absolute Gasteiger partial charge is 0.294 e. The van der Waals surface area contributed by atoms with Gasteiger partial charge in [0.25, 0.3) is 0 Å². The minimum atomic E-state index is 0.00403. The maximum Gasteiger partial charge on any atom is 0.236 e. The summed E-state index contributed by atoms with van der Waals surface area (Å²) in [6, 6.07) is 0. The van der Waals surface area contributed by atoms with Gasteiger partial charge in [-0.05, 0) is 25.2 Å². The number of hydrogen-bond donors (Lipinski definition) is 2. The van der Waals surface area contributed by atoms with Crippen molar-refractivity contribution in [3.8, 4) is 0 Å². The van der Waals surface area contributed by atoms with Crippen molar-refractivity contribution >= 4 is 5.91 Å². The Kier molecular flexibility index (Phi) is 2.27. The van der Waals surface area contributed by atoms with Crippen LogP contribution in [0.15, 0.2) is 0 Å². The van der Waals surface area contributed by atoms with E-state index in [9.17, 15) is 4.79 Å². The number of carbonyl (C=O) groups excluding carboxylic acids is 1. The van der Waals surface area contributed by atoms with Crippen LogP contribution in [0.3, 0.4) is 0 Å². The molecule has 1 saturated carbocycles. The van der Waals surface area contributed by atoms with E-state index in [1.165, 1.54) is 0 Å². The van der Waals surface area contributed by atoms with Gasteiger partial charge >= 0.3 is 0 Å². The molecule has 0 spiro atoms. The van der Waals surface area contributed by atoms with Crippen LogP contribution in [0.4, 0.5) is 0 Å². The van der Waals surface area contributed by atoms with Gasteiger partial charge in [-0.1, -0.05) is 6.92 Å². The van der Waals surface area contributed by atoms with Gasteiger partial charge in [-0.3, -0.25) is 10.2 Å². The van der Waals surface area contributed by atoms with Gasteiger partial charge in [0.05, 0.1) is 0 Å². The molecular formula is C7H14N2O. The van der Waals surface area contributed by atoms with Crippen molar-refractivity contribution < 1.29 is 4.79 Å². The number of hydrazine groups is 1. The maximum atomic E-state index is 10.9. The normalized spacial score (nSPS) is 32.2. The summed E-state index contributed by atoms with van der Waals surface area (Å²) in [5.41, 5.74) is 2.19. The molecule has 0 saturated heterocycles. The van der Waals surface area contributed by atoms with Crippen molar-refractivity contribution in [2.24, 2.45) is 17.7 Å². The predicted molar refractivity (Wildman–Crippen MR) is 38.8 cm³/mol. The highest BCUT2D eigenvalue weighted by Crippen LogP contribution is 2.29. The topological polar surface area (TPSA) is 55.1 Å². The van der Waals surface area contributed by atoms with Crippen LogP contribution in [0.25, 0.3) is 0 Å². The Hall–Kier alpha value is -0.570. The summed E-state index contributed by atoms with van der Waals surface area (Å²) in [5, 5.41) is 0. The molecule has 0 aliphatic heterocycles. The molecule has 0 bridgehead atoms. The number of hydrogen-bond acceptors (Lipinski definition) is 2. The molecule has 2 unspecified atom stereocenters. The van der Waals surface area contributed by atoms with Gasteiger partial charge in [-0.2, -0.15) is 0 Å². The first-order valence-corrected chi connectivity index (χ1v) is 3.74. The van der Waals surface area contributed by atoms with Crippen molar-refractivity contribution in [3.05, 3.63) is 0 Å². The molecule has 0 heterocycles. The summed E-state index contributed by atoms with van der Waals surface area (Å²) >= 11 is 0. The monoisotopic (exact) mass is 142 g/mol. The quantitative estimate of drug-likeness (QED) is 0.316. The molecule has 1 amide bonds. The molecule has 10 heavy (non-hydrogen) atoms. The first-order chi connectivity index (χ1) is 4.74. The van der Waals surface area contributed by atoms with E-state index in [1.807, 2.05) is 0 Å². The van der Waals surface area contributed by atoms with E-state index in [2.05, 4.69) is 12.3 Å². The molecule has 58 valence electrons. The van der Waals surface area contributed by atoms with E-state index >= 15 is 0 Å². The number of nitrogens with one attached hydrogen (secondary N) is 1. The smallest absolute Gasteiger partial charge is 0.236 e. The van der Waals surface area contributed by atoms with E-state index in [1.54, 1.807) is 0 Å². The molecule has 1 aliphatic rings. The lowest BCUT2D eigenvalue weighted by molar-refractivity contribution is -0.124. The van der Waals surface area contributed by atoms with Crippen LogP contribution in [0.5, 0.6) is 0 Å². The third-order valence-electron chi connectivity index (χ3n) is 2.21. The lowest BCUT2D eigenvalue weighted by atomic mass is 10.1. The van der Waals surface area contributed by atoms with Crippen molar-refractivity contribution in [2.75, 3.05) is 0 Å². The summed E-state index contributed by atoms with van der Waals surface area (Å²) in [4.78, 5) is 10.9. The molecule has 3 N–H and O–H groups in total. The fourth-order valence-electron chi connectivity index (χ4n) is 1.56. The zero-order chi connectivity index (χ0) is 7.56. The highest BCUT2D eigenvalue weighted by atomic mass is 16.2. The Labute approximate surface area is 60.9 Å². The molecule has 0 aromatic rings. The van der Waals surface area contributed by atoms with Gasteiger partial charge in [0, 0.05) is 5.92 Å². The van der Waals surface area contributed by atoms with Crippen molar-refractivity contribution in [1.29, 1.82) is 0 Å². The molecule has 0 aromatic carbocycles. The molecule has 3 nitrogen and oxygen atoms in total. The second-order valence-corrected chi connectivity index (χ2v) is 3.12. The van der Waals surface area contributed by atoms with Crippen LogP contribution in [0.2, 0.25) is 0 Å². The van der Waals surface area contributed by atoms with Gasteiger partial charge in [-0.25, -0.2) is 5.84 Å². The molecule has 1 aliphatic carbocycles. The van der Waals surface area contributed by atoms with Crippen LogP contribution < -0.4 is 11.3 Å². The third kappa shape index (κ3) is 1.48. The molecule has 3 heteroatoms. The zero-order valence-electron chi connectivity index (χ0n) is 6.26.